The number of nitrogens with zero attached hydrogens (tertiary/aromatic N) is 1. The highest BCUT2D eigenvalue weighted by Gasteiger charge is 2.23. The van der Waals surface area contributed by atoms with Crippen LogP contribution in [0.25, 0.3) is 0 Å². The summed E-state index contributed by atoms with van der Waals surface area (Å²) in [6, 6.07) is 0. The summed E-state index contributed by atoms with van der Waals surface area (Å²) >= 11 is 0. The molecule has 3 nitrogen and oxygen atoms in total. The molecular weight excluding hydrogens is 142 g/mol. The van der Waals surface area contributed by atoms with Gasteiger partial charge in [0.2, 0.25) is 0 Å². The summed E-state index contributed by atoms with van der Waals surface area (Å²) in [7, 11) is 2.33. The minimum Gasteiger partial charge on any atom is -0.870 e. The zero-order chi connectivity index (χ0) is 7.45. The van der Waals surface area contributed by atoms with Gasteiger partial charge in [0.15, 0.2) is 0 Å². The monoisotopic (exact) mass is 161 g/mol. The summed E-state index contributed by atoms with van der Waals surface area (Å²) in [5.41, 5.74) is 0. The number of hydrogen-bond acceptors (Lipinski definition) is 2. The lowest BCUT2D eigenvalue weighted by molar-refractivity contribution is -0.916. The van der Waals surface area contributed by atoms with Crippen molar-refractivity contribution in [3.63, 3.8) is 0 Å². The molecule has 0 radical (unpaired) electrons. The Labute approximate surface area is 68.9 Å². The van der Waals surface area contributed by atoms with Gasteiger partial charge < -0.3 is 14.7 Å². The average Bonchev–Trinajstić information content (AvgIpc) is 1.89. The lowest BCUT2D eigenvalue weighted by Gasteiger charge is -2.37. The molecule has 0 aromatic carbocycles. The molecule has 0 bridgehead atoms. The fraction of sp³-hybridized carbons (Fsp3) is 1.00. The molecule has 0 aliphatic carbocycles. The van der Waals surface area contributed by atoms with E-state index < -0.39 is 0 Å². The lowest BCUT2D eigenvalue weighted by atomic mass is 10.3. The Morgan fingerprint density at radius 2 is 1.82 bits per heavy atom. The van der Waals surface area contributed by atoms with Crippen LogP contribution in [0.3, 0.4) is 0 Å². The third-order valence-electron chi connectivity index (χ3n) is 2.31. The molecule has 0 saturated carbocycles. The molecule has 1 saturated heterocycles. The predicted molar refractivity (Wildman–Crippen MR) is 43.8 cm³/mol. The van der Waals surface area contributed by atoms with Gasteiger partial charge in [-0.25, -0.2) is 0 Å². The van der Waals surface area contributed by atoms with Gasteiger partial charge in [-0.15, -0.1) is 0 Å². The van der Waals surface area contributed by atoms with Gasteiger partial charge in [0.1, 0.15) is 13.1 Å². The number of rotatable bonds is 2. The van der Waals surface area contributed by atoms with Crippen LogP contribution < -0.4 is 0 Å². The molecule has 0 unspecified atom stereocenters. The molecule has 0 amide bonds. The highest BCUT2D eigenvalue weighted by atomic mass is 16.5. The fourth-order valence-corrected chi connectivity index (χ4v) is 1.55. The third kappa shape index (κ3) is 3.18. The van der Waals surface area contributed by atoms with E-state index >= 15 is 0 Å². The number of morpholine rings is 1. The van der Waals surface area contributed by atoms with Gasteiger partial charge in [0, 0.05) is 0 Å². The summed E-state index contributed by atoms with van der Waals surface area (Å²) in [6.45, 7) is 7.87. The van der Waals surface area contributed by atoms with Crippen LogP contribution in [-0.4, -0.2) is 49.9 Å². The third-order valence-corrected chi connectivity index (χ3v) is 2.31. The number of hydrogen-bond donors (Lipinski definition) is 0. The van der Waals surface area contributed by atoms with Crippen LogP contribution in [0.2, 0.25) is 0 Å². The highest BCUT2D eigenvalue weighted by Crippen LogP contribution is 2.07. The summed E-state index contributed by atoms with van der Waals surface area (Å²) in [4.78, 5) is 0. The highest BCUT2D eigenvalue weighted by molar-refractivity contribution is 4.45. The second kappa shape index (κ2) is 4.70. The molecule has 1 heterocycles. The first-order valence-electron chi connectivity index (χ1n) is 4.18. The van der Waals surface area contributed by atoms with Crippen molar-refractivity contribution in [3.8, 4) is 0 Å². The van der Waals surface area contributed by atoms with Gasteiger partial charge >= 0.3 is 0 Å². The van der Waals surface area contributed by atoms with Crippen molar-refractivity contribution >= 4 is 0 Å². The van der Waals surface area contributed by atoms with Gasteiger partial charge in [-0.05, 0) is 6.42 Å². The first-order valence-corrected chi connectivity index (χ1v) is 4.18. The van der Waals surface area contributed by atoms with Crippen molar-refractivity contribution in [2.45, 2.75) is 13.3 Å². The van der Waals surface area contributed by atoms with Crippen LogP contribution in [0.1, 0.15) is 13.3 Å². The topological polar surface area (TPSA) is 39.2 Å². The van der Waals surface area contributed by atoms with E-state index in [4.69, 9.17) is 4.74 Å². The van der Waals surface area contributed by atoms with Gasteiger partial charge in [0.05, 0.1) is 26.8 Å². The van der Waals surface area contributed by atoms with Crippen LogP contribution in [0.5, 0.6) is 0 Å². The van der Waals surface area contributed by atoms with Gasteiger partial charge in [-0.1, -0.05) is 6.92 Å². The van der Waals surface area contributed by atoms with E-state index in [1.54, 1.807) is 0 Å². The molecule has 1 aliphatic rings. The van der Waals surface area contributed by atoms with Gasteiger partial charge in [-0.2, -0.15) is 0 Å². The maximum absolute atomic E-state index is 5.30. The maximum atomic E-state index is 5.30. The van der Waals surface area contributed by atoms with Crippen molar-refractivity contribution in [1.82, 2.24) is 0 Å². The minimum atomic E-state index is 0. The number of ether oxygens (including phenoxy) is 1. The second-order valence-corrected chi connectivity index (χ2v) is 3.40. The van der Waals surface area contributed by atoms with E-state index in [9.17, 15) is 0 Å². The number of quaternary nitrogens is 1. The molecule has 1 fully saturated rings. The van der Waals surface area contributed by atoms with Crippen molar-refractivity contribution in [2.24, 2.45) is 0 Å². The summed E-state index contributed by atoms with van der Waals surface area (Å²) < 4.78 is 6.51. The minimum absolute atomic E-state index is 0. The van der Waals surface area contributed by atoms with Gasteiger partial charge in [-0.3, -0.25) is 0 Å². The Kier molecular flexibility index (Phi) is 4.65. The molecule has 11 heavy (non-hydrogen) atoms. The first-order chi connectivity index (χ1) is 4.77. The van der Waals surface area contributed by atoms with Crippen molar-refractivity contribution in [3.05, 3.63) is 0 Å². The summed E-state index contributed by atoms with van der Waals surface area (Å²) in [5, 5.41) is 0. The van der Waals surface area contributed by atoms with Gasteiger partial charge in [0.25, 0.3) is 0 Å². The fourth-order valence-electron chi connectivity index (χ4n) is 1.55. The standard InChI is InChI=1S/C8H18NO.H2O/c1-3-4-9(2)5-7-10-8-6-9;/h3-8H2,1-2H3;1H2/q+1;/p-1. The van der Waals surface area contributed by atoms with E-state index in [0.29, 0.717) is 0 Å². The van der Waals surface area contributed by atoms with Crippen LogP contribution >= 0.6 is 0 Å². The van der Waals surface area contributed by atoms with Crippen molar-refractivity contribution in [1.29, 1.82) is 0 Å². The molecule has 0 aromatic rings. The second-order valence-electron chi connectivity index (χ2n) is 3.40. The largest absolute Gasteiger partial charge is 0.870 e. The molecular formula is C8H19NO2. The maximum Gasteiger partial charge on any atom is 0.102 e. The quantitative estimate of drug-likeness (QED) is 0.559. The molecule has 1 aliphatic heterocycles. The molecule has 68 valence electrons. The smallest absolute Gasteiger partial charge is 0.102 e. The molecule has 0 atom stereocenters. The average molecular weight is 161 g/mol. The van der Waals surface area contributed by atoms with Crippen LogP contribution in [0.4, 0.5) is 0 Å². The molecule has 1 rings (SSSR count). The predicted octanol–water partition coefficient (Wildman–Crippen LogP) is 0.696. The SMILES string of the molecule is CCC[N+]1(C)CCOCC1.[OH-]. The Hall–Kier alpha value is -0.120. The van der Waals surface area contributed by atoms with Crippen LogP contribution in [-0.2, 0) is 4.74 Å². The van der Waals surface area contributed by atoms with Crippen molar-refractivity contribution < 1.29 is 14.7 Å². The number of likely N-dealkylation sites (N-methyl/N-ethyl adjacent to an activating group) is 1. The Morgan fingerprint density at radius 1 is 1.27 bits per heavy atom. The summed E-state index contributed by atoms with van der Waals surface area (Å²) in [6.07, 6.45) is 1.29. The normalized spacial score (nSPS) is 22.4. The molecule has 0 aromatic heterocycles. The zero-order valence-corrected chi connectivity index (χ0v) is 7.55. The lowest BCUT2D eigenvalue weighted by Crippen LogP contribution is -2.52. The van der Waals surface area contributed by atoms with E-state index in [0.717, 1.165) is 13.2 Å². The molecule has 0 spiro atoms. The van der Waals surface area contributed by atoms with E-state index in [1.807, 2.05) is 0 Å². The van der Waals surface area contributed by atoms with Crippen molar-refractivity contribution in [2.75, 3.05) is 39.9 Å². The Bertz CT molecular complexity index is 94.8. The molecule has 3 heteroatoms. The van der Waals surface area contributed by atoms with E-state index in [1.165, 1.54) is 30.5 Å². The molecule has 1 N–H and O–H groups in total. The zero-order valence-electron chi connectivity index (χ0n) is 7.55. The van der Waals surface area contributed by atoms with E-state index in [2.05, 4.69) is 14.0 Å². The van der Waals surface area contributed by atoms with Crippen LogP contribution in [0.15, 0.2) is 0 Å². The summed E-state index contributed by atoms with van der Waals surface area (Å²) in [5.74, 6) is 0. The first kappa shape index (κ1) is 10.9. The van der Waals surface area contributed by atoms with E-state index in [-0.39, 0.29) is 5.48 Å². The Morgan fingerprint density at radius 3 is 2.27 bits per heavy atom. The van der Waals surface area contributed by atoms with Crippen LogP contribution in [0, 0.1) is 0 Å². The Balaban J connectivity index is 0.000001000.